The quantitative estimate of drug-likeness (QED) is 0.862. The number of aryl methyl sites for hydroxylation is 2. The number of rotatable bonds is 4. The monoisotopic (exact) mass is 283 g/mol. The summed E-state index contributed by atoms with van der Waals surface area (Å²) in [4.78, 5) is 15.8. The maximum absolute atomic E-state index is 11.3. The van der Waals surface area contributed by atoms with E-state index >= 15 is 0 Å². The van der Waals surface area contributed by atoms with Gasteiger partial charge in [0.05, 0.1) is 17.1 Å². The van der Waals surface area contributed by atoms with Gasteiger partial charge in [-0.15, -0.1) is 11.6 Å². The van der Waals surface area contributed by atoms with Crippen LogP contribution in [0.15, 0.2) is 0 Å². The van der Waals surface area contributed by atoms with E-state index in [0.29, 0.717) is 0 Å². The molecular formula is C12H18ClN5O. The van der Waals surface area contributed by atoms with Crippen molar-refractivity contribution in [3.05, 3.63) is 11.5 Å². The molecule has 0 bridgehead atoms. The molecule has 0 atom stereocenters. The van der Waals surface area contributed by atoms with Gasteiger partial charge in [0.2, 0.25) is 5.91 Å². The number of amides is 1. The fraction of sp³-hybridized carbons (Fsp3) is 0.583. The SMILES string of the molecule is Cc1nn(C)c2c1nc(CCl)n2C(C)(C)CC(N)=O. The highest BCUT2D eigenvalue weighted by Gasteiger charge is 2.30. The third-order valence-corrected chi connectivity index (χ3v) is 3.44. The van der Waals surface area contributed by atoms with Crippen molar-refractivity contribution < 1.29 is 4.79 Å². The Morgan fingerprint density at radius 2 is 2.11 bits per heavy atom. The third kappa shape index (κ3) is 2.20. The molecule has 2 heterocycles. The van der Waals surface area contributed by atoms with Gasteiger partial charge in [0, 0.05) is 13.5 Å². The Kier molecular flexibility index (Phi) is 3.30. The molecule has 0 spiro atoms. The van der Waals surface area contributed by atoms with Crippen LogP contribution in [0.4, 0.5) is 0 Å². The van der Waals surface area contributed by atoms with Crippen LogP contribution in [0.3, 0.4) is 0 Å². The van der Waals surface area contributed by atoms with Gasteiger partial charge in [-0.3, -0.25) is 9.48 Å². The predicted octanol–water partition coefficient (Wildman–Crippen LogP) is 1.43. The zero-order valence-electron chi connectivity index (χ0n) is 11.6. The van der Waals surface area contributed by atoms with E-state index in [0.717, 1.165) is 22.7 Å². The lowest BCUT2D eigenvalue weighted by atomic mass is 9.99. The van der Waals surface area contributed by atoms with Crippen LogP contribution in [-0.4, -0.2) is 25.2 Å². The van der Waals surface area contributed by atoms with Gasteiger partial charge in [-0.1, -0.05) is 0 Å². The van der Waals surface area contributed by atoms with E-state index in [-0.39, 0.29) is 18.2 Å². The Labute approximate surface area is 116 Å². The highest BCUT2D eigenvalue weighted by Crippen LogP contribution is 2.29. The average Bonchev–Trinajstić information content (AvgIpc) is 2.77. The summed E-state index contributed by atoms with van der Waals surface area (Å²) in [6, 6.07) is 0. The smallest absolute Gasteiger partial charge is 0.219 e. The van der Waals surface area contributed by atoms with Crippen molar-refractivity contribution in [2.45, 2.75) is 38.6 Å². The van der Waals surface area contributed by atoms with Crippen molar-refractivity contribution >= 4 is 28.7 Å². The summed E-state index contributed by atoms with van der Waals surface area (Å²) >= 11 is 5.98. The number of primary amides is 1. The minimum absolute atomic E-state index is 0.215. The van der Waals surface area contributed by atoms with Crippen LogP contribution in [0, 0.1) is 6.92 Å². The molecule has 0 aliphatic heterocycles. The molecule has 0 fully saturated rings. The van der Waals surface area contributed by atoms with E-state index in [1.807, 2.05) is 32.4 Å². The van der Waals surface area contributed by atoms with Crippen LogP contribution < -0.4 is 5.73 Å². The van der Waals surface area contributed by atoms with Gasteiger partial charge in [0.15, 0.2) is 5.65 Å². The Morgan fingerprint density at radius 3 is 2.63 bits per heavy atom. The first-order chi connectivity index (χ1) is 8.77. The minimum atomic E-state index is -0.495. The highest BCUT2D eigenvalue weighted by atomic mass is 35.5. The lowest BCUT2D eigenvalue weighted by Gasteiger charge is -2.27. The Hall–Kier alpha value is -1.56. The van der Waals surface area contributed by atoms with Crippen molar-refractivity contribution in [2.75, 3.05) is 0 Å². The summed E-state index contributed by atoms with van der Waals surface area (Å²) in [6.45, 7) is 5.79. The number of hydrogen-bond acceptors (Lipinski definition) is 3. The van der Waals surface area contributed by atoms with Gasteiger partial charge in [0.1, 0.15) is 11.3 Å². The van der Waals surface area contributed by atoms with Crippen molar-refractivity contribution in [1.29, 1.82) is 0 Å². The standard InChI is InChI=1S/C12H18ClN5O/c1-7-10-11(17(4)16-7)18(9(6-13)15-10)12(2,3)5-8(14)19/h5-6H2,1-4H3,(H2,14,19). The van der Waals surface area contributed by atoms with E-state index in [1.54, 1.807) is 4.68 Å². The minimum Gasteiger partial charge on any atom is -0.370 e. The van der Waals surface area contributed by atoms with Gasteiger partial charge in [-0.25, -0.2) is 4.98 Å². The van der Waals surface area contributed by atoms with E-state index < -0.39 is 5.54 Å². The summed E-state index contributed by atoms with van der Waals surface area (Å²) in [5.74, 6) is 0.640. The third-order valence-electron chi connectivity index (χ3n) is 3.20. The zero-order valence-corrected chi connectivity index (χ0v) is 12.3. The molecular weight excluding hydrogens is 266 g/mol. The molecule has 6 nitrogen and oxygen atoms in total. The molecule has 0 aliphatic carbocycles. The van der Waals surface area contributed by atoms with E-state index in [4.69, 9.17) is 17.3 Å². The van der Waals surface area contributed by atoms with Crippen molar-refractivity contribution in [3.63, 3.8) is 0 Å². The molecule has 0 aromatic carbocycles. The first-order valence-corrected chi connectivity index (χ1v) is 6.57. The zero-order chi connectivity index (χ0) is 14.4. The number of halogens is 1. The van der Waals surface area contributed by atoms with E-state index in [2.05, 4.69) is 10.1 Å². The lowest BCUT2D eigenvalue weighted by Crippen LogP contribution is -2.33. The molecule has 0 aliphatic rings. The van der Waals surface area contributed by atoms with E-state index in [1.165, 1.54) is 0 Å². The van der Waals surface area contributed by atoms with Crippen molar-refractivity contribution in [3.8, 4) is 0 Å². The number of alkyl halides is 1. The molecule has 1 amide bonds. The summed E-state index contributed by atoms with van der Waals surface area (Å²) in [6.07, 6.45) is 0.215. The fourth-order valence-corrected chi connectivity index (χ4v) is 2.73. The number of nitrogens with zero attached hydrogens (tertiary/aromatic N) is 4. The molecule has 0 saturated carbocycles. The summed E-state index contributed by atoms with van der Waals surface area (Å²) in [5, 5.41) is 4.35. The molecule has 19 heavy (non-hydrogen) atoms. The molecule has 104 valence electrons. The van der Waals surface area contributed by atoms with Crippen LogP contribution in [-0.2, 0) is 23.3 Å². The van der Waals surface area contributed by atoms with Gasteiger partial charge in [0.25, 0.3) is 0 Å². The van der Waals surface area contributed by atoms with Gasteiger partial charge < -0.3 is 10.3 Å². The predicted molar refractivity (Wildman–Crippen MR) is 73.9 cm³/mol. The van der Waals surface area contributed by atoms with Gasteiger partial charge in [-0.2, -0.15) is 5.10 Å². The first-order valence-electron chi connectivity index (χ1n) is 6.03. The molecule has 7 heteroatoms. The van der Waals surface area contributed by atoms with Crippen LogP contribution in [0.25, 0.3) is 11.2 Å². The molecule has 2 aromatic rings. The molecule has 2 N–H and O–H groups in total. The highest BCUT2D eigenvalue weighted by molar-refractivity contribution is 6.16. The second-order valence-corrected chi connectivity index (χ2v) is 5.60. The Balaban J connectivity index is 2.73. The van der Waals surface area contributed by atoms with Crippen LogP contribution >= 0.6 is 11.6 Å². The van der Waals surface area contributed by atoms with Crippen LogP contribution in [0.1, 0.15) is 31.8 Å². The second kappa shape index (κ2) is 4.52. The number of hydrogen-bond donors (Lipinski definition) is 1. The number of imidazole rings is 1. The molecule has 0 unspecified atom stereocenters. The molecule has 2 aromatic heterocycles. The second-order valence-electron chi connectivity index (χ2n) is 5.33. The molecule has 0 radical (unpaired) electrons. The summed E-state index contributed by atoms with van der Waals surface area (Å²) in [7, 11) is 1.85. The van der Waals surface area contributed by atoms with Crippen molar-refractivity contribution in [2.24, 2.45) is 12.8 Å². The van der Waals surface area contributed by atoms with Crippen LogP contribution in [0.5, 0.6) is 0 Å². The number of aromatic nitrogens is 4. The fourth-order valence-electron chi connectivity index (χ4n) is 2.55. The summed E-state index contributed by atoms with van der Waals surface area (Å²) < 4.78 is 3.72. The topological polar surface area (TPSA) is 78.7 Å². The normalized spacial score (nSPS) is 12.3. The van der Waals surface area contributed by atoms with Crippen LogP contribution in [0.2, 0.25) is 0 Å². The average molecular weight is 284 g/mol. The first kappa shape index (κ1) is 13.9. The summed E-state index contributed by atoms with van der Waals surface area (Å²) in [5.41, 5.74) is 7.36. The van der Waals surface area contributed by atoms with E-state index in [9.17, 15) is 4.79 Å². The van der Waals surface area contributed by atoms with Gasteiger partial charge in [-0.05, 0) is 20.8 Å². The number of carbonyl (C=O) groups excluding carboxylic acids is 1. The Morgan fingerprint density at radius 1 is 1.47 bits per heavy atom. The molecule has 0 saturated heterocycles. The maximum Gasteiger partial charge on any atom is 0.219 e. The number of nitrogens with two attached hydrogens (primary N) is 1. The lowest BCUT2D eigenvalue weighted by molar-refractivity contribution is -0.119. The Bertz CT molecular complexity index is 640. The largest absolute Gasteiger partial charge is 0.370 e. The maximum atomic E-state index is 11.3. The van der Waals surface area contributed by atoms with Crippen molar-refractivity contribution in [1.82, 2.24) is 19.3 Å². The molecule has 2 rings (SSSR count). The number of fused-ring (bicyclic) bond motifs is 1. The number of carbonyl (C=O) groups is 1. The van der Waals surface area contributed by atoms with Gasteiger partial charge >= 0.3 is 0 Å².